The van der Waals surface area contributed by atoms with Gasteiger partial charge in [-0.25, -0.2) is 8.42 Å². The Bertz CT molecular complexity index is 2510. The van der Waals surface area contributed by atoms with E-state index in [9.17, 15) is 64.6 Å². The summed E-state index contributed by atoms with van der Waals surface area (Å²) >= 11 is 0. The second-order valence-corrected chi connectivity index (χ2v) is 27.3. The topological polar surface area (TPSA) is 487 Å². The number of ether oxygens (including phenoxy) is 25. The second kappa shape index (κ2) is 65.7. The lowest BCUT2D eigenvalue weighted by atomic mass is 10.3. The smallest absolute Gasteiger partial charge is 0.206 e. The largest absolute Gasteiger partial charge is 0.491 e. The number of benzene rings is 2. The fraction of sp³-hybridized carbons (Fsp3) is 0.831. The molecule has 0 heterocycles. The van der Waals surface area contributed by atoms with Crippen LogP contribution in [0.3, 0.4) is 0 Å². The molecule has 0 saturated heterocycles. The van der Waals surface area contributed by atoms with Gasteiger partial charge >= 0.3 is 0 Å². The zero-order valence-corrected chi connectivity index (χ0v) is 65.6. The highest BCUT2D eigenvalue weighted by molar-refractivity contribution is 7.91. The molecule has 0 amide bonds. The van der Waals surface area contributed by atoms with Crippen LogP contribution >= 0.6 is 0 Å². The molecule has 17 atom stereocenters. The predicted octanol–water partition coefficient (Wildman–Crippen LogP) is -4.12. The lowest BCUT2D eigenvalue weighted by Gasteiger charge is -2.25. The van der Waals surface area contributed by atoms with E-state index >= 15 is 0 Å². The highest BCUT2D eigenvalue weighted by Crippen LogP contribution is 2.26. The number of hydrogen-bond acceptors (Lipinski definition) is 38. The van der Waals surface area contributed by atoms with Gasteiger partial charge in [0.05, 0.1) is 221 Å². The van der Waals surface area contributed by atoms with Gasteiger partial charge in [0.25, 0.3) is 0 Å². The standard InChI is InChI=1S/C71H128O38S/c1-85-19-51(74)25-93-43-67(109-50-68(105-33-56(79)24-90-6)46-94-26-52(75)20-86-2)44-97-27-57(80)34-100-60-9-13-70(14-10-60)110(83,84)71-15-11-61(12-16-71)107-48-63(18-73)108-49-69(47-98-39-62(17-72)101-35-58(81)28-95-40-64(37-91-7)102-30-53(76)21-87-3)106-36-59(82)29-96-42-66(104-32-55(78)23-89-5)45-99-41-65(38-92-8)103-31-54(77)22-88-4/h9-16,51-59,62-69,72-82H,17-50H2,1-8H3. The molecule has 38 nitrogen and oxygen atoms in total. The fourth-order valence-electron chi connectivity index (χ4n) is 9.39. The van der Waals surface area contributed by atoms with Crippen LogP contribution in [0.1, 0.15) is 0 Å². The lowest BCUT2D eigenvalue weighted by molar-refractivity contribution is -0.135. The summed E-state index contributed by atoms with van der Waals surface area (Å²) < 4.78 is 167. The molecular formula is C71H128O38S. The van der Waals surface area contributed by atoms with Crippen molar-refractivity contribution in [3.63, 3.8) is 0 Å². The SMILES string of the molecule is COCC(O)COCC(COCC(O)COc1ccc(S(=O)(=O)c2ccc(OCC(CO)OCC(COCC(CO)OCC(O)COCC(COC)OCC(O)COC)OCC(O)COCC(COCC(COC)OCC(O)COC)OCC(O)COC)cc2)cc1)OCC(COCC(O)COC)OCC(O)COC. The molecule has 0 aliphatic heterocycles. The normalized spacial score (nSPS) is 16.9. The van der Waals surface area contributed by atoms with E-state index in [0.29, 0.717) is 0 Å². The predicted molar refractivity (Wildman–Crippen MR) is 386 cm³/mol. The highest BCUT2D eigenvalue weighted by Gasteiger charge is 2.26. The molecule has 0 aliphatic carbocycles. The Morgan fingerprint density at radius 2 is 0.418 bits per heavy atom. The zero-order chi connectivity index (χ0) is 81.0. The van der Waals surface area contributed by atoms with Crippen molar-refractivity contribution in [2.45, 2.75) is 114 Å². The molecule has 2 aromatic carbocycles. The molecule has 0 fully saturated rings. The number of methoxy groups -OCH3 is 8. The maximum atomic E-state index is 13.8. The first-order valence-corrected chi connectivity index (χ1v) is 37.5. The van der Waals surface area contributed by atoms with Crippen LogP contribution in [0.15, 0.2) is 58.3 Å². The van der Waals surface area contributed by atoms with E-state index in [-0.39, 0.29) is 233 Å². The minimum absolute atomic E-state index is 0.000205. The number of hydrogen-bond donors (Lipinski definition) is 11. The lowest BCUT2D eigenvalue weighted by Crippen LogP contribution is -2.37. The van der Waals surface area contributed by atoms with Crippen molar-refractivity contribution in [1.29, 1.82) is 0 Å². The molecule has 2 aromatic rings. The molecule has 0 saturated carbocycles. The van der Waals surface area contributed by atoms with Crippen molar-refractivity contribution in [3.05, 3.63) is 48.5 Å². The molecule has 0 aromatic heterocycles. The van der Waals surface area contributed by atoms with E-state index in [1.807, 2.05) is 0 Å². The van der Waals surface area contributed by atoms with Crippen LogP contribution < -0.4 is 9.47 Å². The first kappa shape index (κ1) is 103. The summed E-state index contributed by atoms with van der Waals surface area (Å²) in [6.07, 6.45) is -15.1. The van der Waals surface area contributed by atoms with Crippen LogP contribution in [0.2, 0.25) is 0 Å². The van der Waals surface area contributed by atoms with E-state index in [2.05, 4.69) is 0 Å². The molecule has 646 valence electrons. The van der Waals surface area contributed by atoms with Crippen LogP contribution in [0.5, 0.6) is 11.5 Å². The zero-order valence-electron chi connectivity index (χ0n) is 64.8. The van der Waals surface area contributed by atoms with Gasteiger partial charge in [-0.2, -0.15) is 0 Å². The van der Waals surface area contributed by atoms with Crippen LogP contribution in [-0.4, -0.2) is 450 Å². The van der Waals surface area contributed by atoms with Gasteiger partial charge < -0.3 is 175 Å². The Kier molecular flexibility index (Phi) is 61.4. The van der Waals surface area contributed by atoms with Crippen molar-refractivity contribution < 1.29 is 183 Å². The fourth-order valence-corrected chi connectivity index (χ4v) is 10.7. The molecule has 0 aliphatic rings. The van der Waals surface area contributed by atoms with E-state index in [1.54, 1.807) is 0 Å². The van der Waals surface area contributed by atoms with E-state index in [0.717, 1.165) is 0 Å². The summed E-state index contributed by atoms with van der Waals surface area (Å²) in [5.74, 6) is 0.473. The van der Waals surface area contributed by atoms with Gasteiger partial charge in [-0.3, -0.25) is 0 Å². The van der Waals surface area contributed by atoms with Crippen molar-refractivity contribution in [3.8, 4) is 11.5 Å². The minimum Gasteiger partial charge on any atom is -0.491 e. The summed E-state index contributed by atoms with van der Waals surface area (Å²) in [6, 6.07) is 11.1. The Hall–Kier alpha value is -3.37. The maximum absolute atomic E-state index is 13.8. The number of aliphatic hydroxyl groups is 11. The van der Waals surface area contributed by atoms with E-state index in [4.69, 9.17) is 118 Å². The summed E-state index contributed by atoms with van der Waals surface area (Å²) in [5.41, 5.74) is 0. The quantitative estimate of drug-likeness (QED) is 0.0300. The van der Waals surface area contributed by atoms with Gasteiger partial charge in [0, 0.05) is 56.9 Å². The van der Waals surface area contributed by atoms with Crippen LogP contribution in [0.4, 0.5) is 0 Å². The third-order valence-electron chi connectivity index (χ3n) is 14.9. The van der Waals surface area contributed by atoms with Gasteiger partial charge in [0.2, 0.25) is 9.84 Å². The van der Waals surface area contributed by atoms with E-state index in [1.165, 1.54) is 105 Å². The van der Waals surface area contributed by atoms with Crippen LogP contribution in [0, 0.1) is 0 Å². The number of rotatable bonds is 78. The first-order chi connectivity index (χ1) is 53.1. The Balaban J connectivity index is 2.12. The maximum Gasteiger partial charge on any atom is 0.206 e. The Labute approximate surface area is 645 Å². The third kappa shape index (κ3) is 50.9. The summed E-state index contributed by atoms with van der Waals surface area (Å²) in [7, 11) is 7.54. The van der Waals surface area contributed by atoms with E-state index < -0.39 is 127 Å². The van der Waals surface area contributed by atoms with Crippen LogP contribution in [0.25, 0.3) is 0 Å². The summed E-state index contributed by atoms with van der Waals surface area (Å²) in [5, 5.41) is 114. The van der Waals surface area contributed by atoms with Gasteiger partial charge in [-0.1, -0.05) is 0 Å². The molecule has 11 N–H and O–H groups in total. The average molecular weight is 1620 g/mol. The Morgan fingerprint density at radius 1 is 0.227 bits per heavy atom. The highest BCUT2D eigenvalue weighted by atomic mass is 32.2. The molecule has 0 radical (unpaired) electrons. The molecule has 0 spiro atoms. The van der Waals surface area contributed by atoms with Gasteiger partial charge in [-0.15, -0.1) is 0 Å². The molecule has 39 heteroatoms. The Morgan fingerprint density at radius 3 is 0.700 bits per heavy atom. The van der Waals surface area contributed by atoms with Crippen molar-refractivity contribution in [2.24, 2.45) is 0 Å². The number of sulfone groups is 1. The monoisotopic (exact) mass is 1620 g/mol. The van der Waals surface area contributed by atoms with Gasteiger partial charge in [0.15, 0.2) is 0 Å². The van der Waals surface area contributed by atoms with Gasteiger partial charge in [0.1, 0.15) is 128 Å². The van der Waals surface area contributed by atoms with Crippen molar-refractivity contribution >= 4 is 9.84 Å². The molecule has 2 rings (SSSR count). The van der Waals surface area contributed by atoms with Crippen molar-refractivity contribution in [2.75, 3.05) is 282 Å². The number of aliphatic hydroxyl groups excluding tert-OH is 11. The van der Waals surface area contributed by atoms with Crippen LogP contribution in [-0.2, 0) is 119 Å². The molecule has 0 bridgehead atoms. The van der Waals surface area contributed by atoms with Crippen molar-refractivity contribution in [1.82, 2.24) is 0 Å². The molecule has 110 heavy (non-hydrogen) atoms. The third-order valence-corrected chi connectivity index (χ3v) is 16.7. The second-order valence-electron chi connectivity index (χ2n) is 25.4. The minimum atomic E-state index is -4.08. The van der Waals surface area contributed by atoms with Gasteiger partial charge in [-0.05, 0) is 48.5 Å². The average Bonchev–Trinajstić information content (AvgIpc) is 0.803. The first-order valence-electron chi connectivity index (χ1n) is 36.0. The molecule has 17 unspecified atom stereocenters. The summed E-state index contributed by atoms with van der Waals surface area (Å²) in [6.45, 7) is -3.54. The molecular weight excluding hydrogens is 1490 g/mol. The summed E-state index contributed by atoms with van der Waals surface area (Å²) in [4.78, 5) is -0.138.